The van der Waals surface area contributed by atoms with Crippen LogP contribution < -0.4 is 11.1 Å². The molecule has 1 rings (SSSR count). The van der Waals surface area contributed by atoms with Crippen molar-refractivity contribution >= 4 is 5.91 Å². The summed E-state index contributed by atoms with van der Waals surface area (Å²) >= 11 is 0. The monoisotopic (exact) mass is 260 g/mol. The molecule has 0 aliphatic rings. The third kappa shape index (κ3) is 4.34. The summed E-state index contributed by atoms with van der Waals surface area (Å²) in [6, 6.07) is 5.08. The first-order valence-electron chi connectivity index (χ1n) is 6.29. The lowest BCUT2D eigenvalue weighted by atomic mass is 9.90. The number of nitrogens with zero attached hydrogens (tertiary/aromatic N) is 2. The van der Waals surface area contributed by atoms with Crippen LogP contribution in [0.5, 0.6) is 0 Å². The Bertz CT molecular complexity index is 475. The van der Waals surface area contributed by atoms with Gasteiger partial charge < -0.3 is 11.1 Å². The summed E-state index contributed by atoms with van der Waals surface area (Å²) in [6.45, 7) is 6.46. The summed E-state index contributed by atoms with van der Waals surface area (Å²) in [5.41, 5.74) is 6.03. The highest BCUT2D eigenvalue weighted by Crippen LogP contribution is 2.15. The maximum atomic E-state index is 12.1. The Hall–Kier alpha value is -1.93. The van der Waals surface area contributed by atoms with E-state index in [9.17, 15) is 4.79 Å². The van der Waals surface area contributed by atoms with Gasteiger partial charge in [-0.25, -0.2) is 4.98 Å². The van der Waals surface area contributed by atoms with Gasteiger partial charge in [-0.05, 0) is 31.4 Å². The zero-order valence-electron chi connectivity index (χ0n) is 11.6. The number of carbonyl (C=O) groups is 1. The van der Waals surface area contributed by atoms with E-state index in [0.717, 1.165) is 6.42 Å². The Labute approximate surface area is 113 Å². The van der Waals surface area contributed by atoms with Gasteiger partial charge in [0.25, 0.3) is 5.91 Å². The second-order valence-electron chi connectivity index (χ2n) is 5.36. The minimum Gasteiger partial charge on any atom is -0.344 e. The summed E-state index contributed by atoms with van der Waals surface area (Å²) in [6.07, 6.45) is 2.18. The second-order valence-corrected chi connectivity index (χ2v) is 5.36. The molecule has 0 radical (unpaired) electrons. The van der Waals surface area contributed by atoms with E-state index in [1.54, 1.807) is 12.1 Å². The fourth-order valence-corrected chi connectivity index (χ4v) is 2.02. The second kappa shape index (κ2) is 6.30. The number of nitrogens with two attached hydrogens (primary N) is 1. The highest BCUT2D eigenvalue weighted by atomic mass is 16.2. The highest BCUT2D eigenvalue weighted by Gasteiger charge is 2.26. The van der Waals surface area contributed by atoms with Gasteiger partial charge >= 0.3 is 0 Å². The van der Waals surface area contributed by atoms with Crippen LogP contribution in [0.2, 0.25) is 0 Å². The first-order valence-corrected chi connectivity index (χ1v) is 6.29. The smallest absolute Gasteiger partial charge is 0.270 e. The maximum absolute atomic E-state index is 12.1. The molecule has 1 unspecified atom stereocenters. The summed E-state index contributed by atoms with van der Waals surface area (Å²) in [5, 5.41) is 11.6. The van der Waals surface area contributed by atoms with Gasteiger partial charge in [0.15, 0.2) is 0 Å². The third-order valence-corrected chi connectivity index (χ3v) is 2.85. The molecule has 102 valence electrons. The highest BCUT2D eigenvalue weighted by molar-refractivity contribution is 5.92. The molecule has 5 nitrogen and oxygen atoms in total. The predicted octanol–water partition coefficient (Wildman–Crippen LogP) is 1.45. The molecule has 1 heterocycles. The Morgan fingerprint density at radius 1 is 1.58 bits per heavy atom. The molecule has 0 aliphatic carbocycles. The molecule has 1 amide bonds. The van der Waals surface area contributed by atoms with Crippen LogP contribution in [0.3, 0.4) is 0 Å². The molecule has 0 spiro atoms. The number of pyridine rings is 1. The molecule has 0 aliphatic heterocycles. The van der Waals surface area contributed by atoms with Crippen molar-refractivity contribution in [1.82, 2.24) is 10.3 Å². The van der Waals surface area contributed by atoms with Gasteiger partial charge in [-0.15, -0.1) is 0 Å². The minimum absolute atomic E-state index is 0.266. The van der Waals surface area contributed by atoms with E-state index in [-0.39, 0.29) is 5.91 Å². The molecule has 1 aromatic heterocycles. The van der Waals surface area contributed by atoms with Gasteiger partial charge in [-0.1, -0.05) is 13.8 Å². The molecule has 0 aromatic carbocycles. The van der Waals surface area contributed by atoms with Gasteiger partial charge in [0, 0.05) is 12.7 Å². The van der Waals surface area contributed by atoms with Crippen molar-refractivity contribution in [2.24, 2.45) is 11.7 Å². The molecule has 0 bridgehead atoms. The molecular weight excluding hydrogens is 240 g/mol. The molecule has 19 heavy (non-hydrogen) atoms. The largest absolute Gasteiger partial charge is 0.344 e. The Morgan fingerprint density at radius 2 is 2.26 bits per heavy atom. The quantitative estimate of drug-likeness (QED) is 0.838. The van der Waals surface area contributed by atoms with E-state index in [4.69, 9.17) is 11.0 Å². The van der Waals surface area contributed by atoms with Crippen molar-refractivity contribution < 1.29 is 4.79 Å². The van der Waals surface area contributed by atoms with Crippen LogP contribution in [-0.2, 0) is 0 Å². The zero-order valence-corrected chi connectivity index (χ0v) is 11.6. The molecule has 1 aromatic rings. The van der Waals surface area contributed by atoms with E-state index >= 15 is 0 Å². The molecular formula is C14H20N4O. The number of hydrogen-bond donors (Lipinski definition) is 2. The van der Waals surface area contributed by atoms with Crippen LogP contribution in [0.15, 0.2) is 18.3 Å². The fourth-order valence-electron chi connectivity index (χ4n) is 2.02. The lowest BCUT2D eigenvalue weighted by Gasteiger charge is -2.31. The molecule has 0 saturated heterocycles. The van der Waals surface area contributed by atoms with Crippen molar-refractivity contribution in [1.29, 1.82) is 5.26 Å². The molecule has 0 fully saturated rings. The van der Waals surface area contributed by atoms with Crippen molar-refractivity contribution in [3.05, 3.63) is 29.6 Å². The van der Waals surface area contributed by atoms with E-state index in [1.807, 2.05) is 13.0 Å². The number of amides is 1. The number of rotatable bonds is 5. The van der Waals surface area contributed by atoms with Gasteiger partial charge in [-0.2, -0.15) is 5.26 Å². The predicted molar refractivity (Wildman–Crippen MR) is 73.3 cm³/mol. The van der Waals surface area contributed by atoms with Crippen LogP contribution in [0.4, 0.5) is 0 Å². The van der Waals surface area contributed by atoms with E-state index in [1.165, 1.54) is 6.20 Å². The lowest BCUT2D eigenvalue weighted by Crippen LogP contribution is -2.52. The average molecular weight is 260 g/mol. The normalized spacial score (nSPS) is 13.7. The molecule has 1 atom stereocenters. The van der Waals surface area contributed by atoms with Gasteiger partial charge in [0.05, 0.1) is 11.1 Å². The molecule has 0 saturated carbocycles. The van der Waals surface area contributed by atoms with Crippen LogP contribution in [0, 0.1) is 17.2 Å². The van der Waals surface area contributed by atoms with Crippen molar-refractivity contribution in [3.63, 3.8) is 0 Å². The van der Waals surface area contributed by atoms with Gasteiger partial charge in [0.1, 0.15) is 11.8 Å². The molecule has 5 heteroatoms. The number of aromatic nitrogens is 1. The van der Waals surface area contributed by atoms with Gasteiger partial charge in [-0.3, -0.25) is 4.79 Å². The molecule has 3 N–H and O–H groups in total. The van der Waals surface area contributed by atoms with Crippen LogP contribution >= 0.6 is 0 Å². The topological polar surface area (TPSA) is 91.8 Å². The first-order chi connectivity index (χ1) is 8.90. The Balaban J connectivity index is 2.79. The zero-order chi connectivity index (χ0) is 14.5. The number of nitrogens with one attached hydrogen (secondary N) is 1. The maximum Gasteiger partial charge on any atom is 0.270 e. The van der Waals surface area contributed by atoms with Crippen LogP contribution in [0.1, 0.15) is 43.2 Å². The first kappa shape index (κ1) is 15.1. The Kier molecular flexibility index (Phi) is 5.02. The van der Waals surface area contributed by atoms with E-state index in [2.05, 4.69) is 24.1 Å². The Morgan fingerprint density at radius 3 is 2.68 bits per heavy atom. The summed E-state index contributed by atoms with van der Waals surface area (Å²) < 4.78 is 0. The lowest BCUT2D eigenvalue weighted by molar-refractivity contribution is 0.0893. The van der Waals surface area contributed by atoms with Crippen LogP contribution in [-0.4, -0.2) is 23.0 Å². The fraction of sp³-hybridized carbons (Fsp3) is 0.500. The van der Waals surface area contributed by atoms with Crippen molar-refractivity contribution in [3.8, 4) is 6.07 Å². The third-order valence-electron chi connectivity index (χ3n) is 2.85. The van der Waals surface area contributed by atoms with Crippen molar-refractivity contribution in [2.45, 2.75) is 32.7 Å². The summed E-state index contributed by atoms with van der Waals surface area (Å²) in [7, 11) is 0. The number of nitriles is 1. The number of hydrogen-bond acceptors (Lipinski definition) is 4. The number of carbonyl (C=O) groups excluding carboxylic acids is 1. The SMILES string of the molecule is CC(C)CC(C)(CN)NC(=O)c1ccc(C#N)cn1. The standard InChI is InChI=1S/C14H20N4O/c1-10(2)6-14(3,9-16)18-13(19)12-5-4-11(7-15)8-17-12/h4-5,8,10H,6,9,16H2,1-3H3,(H,18,19). The summed E-state index contributed by atoms with van der Waals surface area (Å²) in [5.74, 6) is 0.167. The van der Waals surface area contributed by atoms with Gasteiger partial charge in [0.2, 0.25) is 0 Å². The van der Waals surface area contributed by atoms with E-state index < -0.39 is 5.54 Å². The average Bonchev–Trinajstić information content (AvgIpc) is 2.37. The minimum atomic E-state index is -0.444. The van der Waals surface area contributed by atoms with Crippen molar-refractivity contribution in [2.75, 3.05) is 6.54 Å². The van der Waals surface area contributed by atoms with Crippen LogP contribution in [0.25, 0.3) is 0 Å². The summed E-state index contributed by atoms with van der Waals surface area (Å²) in [4.78, 5) is 16.1. The van der Waals surface area contributed by atoms with E-state index in [0.29, 0.717) is 23.7 Å².